The predicted octanol–water partition coefficient (Wildman–Crippen LogP) is 3.64. The van der Waals surface area contributed by atoms with Crippen LogP contribution in [0.5, 0.6) is 0 Å². The summed E-state index contributed by atoms with van der Waals surface area (Å²) in [6, 6.07) is 14.3. The number of hydrogen-bond donors (Lipinski definition) is 2. The number of carbonyl (C=O) groups is 3. The van der Waals surface area contributed by atoms with Gasteiger partial charge in [0.25, 0.3) is 0 Å². The van der Waals surface area contributed by atoms with Crippen molar-refractivity contribution in [3.63, 3.8) is 0 Å². The molecular weight excluding hydrogens is 402 g/mol. The third-order valence-electron chi connectivity index (χ3n) is 5.14. The van der Waals surface area contributed by atoms with Gasteiger partial charge in [0, 0.05) is 5.92 Å². The van der Waals surface area contributed by atoms with E-state index in [1.54, 1.807) is 0 Å². The van der Waals surface area contributed by atoms with E-state index in [1.165, 1.54) is 0 Å². The second-order valence-corrected chi connectivity index (χ2v) is 7.21. The van der Waals surface area contributed by atoms with Crippen molar-refractivity contribution in [2.75, 3.05) is 13.2 Å². The Bertz CT molecular complexity index is 898. The lowest BCUT2D eigenvalue weighted by atomic mass is 9.98. The smallest absolute Gasteiger partial charge is 0.407 e. The Labute approximate surface area is 180 Å². The maximum absolute atomic E-state index is 12.3. The van der Waals surface area contributed by atoms with Gasteiger partial charge in [-0.2, -0.15) is 5.26 Å². The van der Waals surface area contributed by atoms with Crippen LogP contribution >= 0.6 is 0 Å². The molecule has 1 aliphatic carbocycles. The van der Waals surface area contributed by atoms with E-state index in [0.29, 0.717) is 6.42 Å². The summed E-state index contributed by atoms with van der Waals surface area (Å²) in [5, 5.41) is 10.9. The van der Waals surface area contributed by atoms with E-state index < -0.39 is 30.5 Å². The highest BCUT2D eigenvalue weighted by Gasteiger charge is 2.31. The van der Waals surface area contributed by atoms with Crippen LogP contribution < -0.4 is 5.32 Å². The average Bonchev–Trinajstić information content (AvgIpc) is 3.10. The van der Waals surface area contributed by atoms with Gasteiger partial charge in [-0.25, -0.2) is 9.59 Å². The van der Waals surface area contributed by atoms with Crippen LogP contribution in [0.15, 0.2) is 48.5 Å². The Morgan fingerprint density at radius 1 is 1.00 bits per heavy atom. The minimum Gasteiger partial charge on any atom is -0.466 e. The van der Waals surface area contributed by atoms with E-state index in [9.17, 15) is 14.4 Å². The number of ether oxygens (including phenoxy) is 2. The third kappa shape index (κ3) is 5.40. The molecule has 0 aromatic heterocycles. The van der Waals surface area contributed by atoms with Gasteiger partial charge in [-0.1, -0.05) is 61.9 Å². The molecule has 2 N–H and O–H groups in total. The molecule has 1 amide bonds. The maximum Gasteiger partial charge on any atom is 0.407 e. The van der Waals surface area contributed by atoms with E-state index >= 15 is 0 Å². The van der Waals surface area contributed by atoms with Gasteiger partial charge in [-0.05, 0) is 28.7 Å². The Kier molecular flexibility index (Phi) is 7.61. The molecule has 0 saturated heterocycles. The number of benzene rings is 2. The number of alkyl carbamates (subject to hydrolysis) is 1. The molecule has 0 fully saturated rings. The largest absolute Gasteiger partial charge is 0.466 e. The number of hydrogen-bond acceptors (Lipinski definition) is 7. The highest BCUT2D eigenvalue weighted by Crippen LogP contribution is 2.44. The molecule has 3 rings (SSSR count). The lowest BCUT2D eigenvalue weighted by Gasteiger charge is -2.17. The molecule has 8 nitrogen and oxygen atoms in total. The molecule has 2 aromatic carbocycles. The Morgan fingerprint density at radius 3 is 2.19 bits per heavy atom. The van der Waals surface area contributed by atoms with Crippen LogP contribution in [-0.4, -0.2) is 42.5 Å². The van der Waals surface area contributed by atoms with Gasteiger partial charge in [0.1, 0.15) is 12.6 Å². The van der Waals surface area contributed by atoms with Crippen LogP contribution in [0.2, 0.25) is 0 Å². The van der Waals surface area contributed by atoms with Crippen molar-refractivity contribution in [2.45, 2.75) is 38.1 Å². The summed E-state index contributed by atoms with van der Waals surface area (Å²) >= 11 is 0. The first kappa shape index (κ1) is 22.3. The van der Waals surface area contributed by atoms with Crippen molar-refractivity contribution in [3.8, 4) is 11.1 Å². The van der Waals surface area contributed by atoms with E-state index in [1.807, 2.05) is 55.5 Å². The molecule has 8 heteroatoms. The van der Waals surface area contributed by atoms with Crippen molar-refractivity contribution in [3.05, 3.63) is 59.7 Å². The number of esters is 1. The topological polar surface area (TPSA) is 111 Å². The van der Waals surface area contributed by atoms with Gasteiger partial charge >= 0.3 is 18.0 Å². The van der Waals surface area contributed by atoms with Crippen LogP contribution in [0.1, 0.15) is 43.2 Å². The highest BCUT2D eigenvalue weighted by molar-refractivity contribution is 5.86. The standard InChI is InChI=1S/C23H25NO7/c1-2-3-12-29-21(25)13-20(22(26)31-28)24-23(27)30-14-19-17-10-6-4-8-15(17)16-9-5-7-11-18(16)19/h4-11,19-20,28H,2-3,12-14H2,1H3,(H,24,27)/t20-/m0/s1. The Morgan fingerprint density at radius 2 is 1.61 bits per heavy atom. The fourth-order valence-corrected chi connectivity index (χ4v) is 3.60. The number of fused-ring (bicyclic) bond motifs is 3. The fourth-order valence-electron chi connectivity index (χ4n) is 3.60. The number of nitrogens with one attached hydrogen (secondary N) is 1. The minimum atomic E-state index is -1.42. The molecule has 0 unspecified atom stereocenters. The summed E-state index contributed by atoms with van der Waals surface area (Å²) in [6.45, 7) is 2.20. The first-order valence-electron chi connectivity index (χ1n) is 10.2. The van der Waals surface area contributed by atoms with Crippen LogP contribution in [0.25, 0.3) is 11.1 Å². The molecule has 0 radical (unpaired) electrons. The average molecular weight is 427 g/mol. The molecular formula is C23H25NO7. The Hall–Kier alpha value is -3.39. The molecule has 0 bridgehead atoms. The van der Waals surface area contributed by atoms with Gasteiger partial charge in [0.15, 0.2) is 0 Å². The summed E-state index contributed by atoms with van der Waals surface area (Å²) in [4.78, 5) is 39.6. The molecule has 0 aliphatic heterocycles. The monoisotopic (exact) mass is 427 g/mol. The van der Waals surface area contributed by atoms with Crippen molar-refractivity contribution in [2.24, 2.45) is 0 Å². The zero-order valence-corrected chi connectivity index (χ0v) is 17.2. The molecule has 1 atom stereocenters. The molecule has 0 saturated carbocycles. The van der Waals surface area contributed by atoms with Crippen molar-refractivity contribution in [1.29, 1.82) is 0 Å². The van der Waals surface area contributed by atoms with Crippen LogP contribution in [0.4, 0.5) is 4.79 Å². The lowest BCUT2D eigenvalue weighted by Crippen LogP contribution is -2.43. The van der Waals surface area contributed by atoms with Crippen molar-refractivity contribution in [1.82, 2.24) is 5.32 Å². The molecule has 2 aromatic rings. The number of rotatable bonds is 9. The summed E-state index contributed by atoms with van der Waals surface area (Å²) in [6.07, 6.45) is 0.139. The van der Waals surface area contributed by atoms with Crippen molar-refractivity contribution >= 4 is 18.0 Å². The molecule has 164 valence electrons. The SMILES string of the molecule is CCCCOC(=O)C[C@H](NC(=O)OCC1c2ccccc2-c2ccccc21)C(=O)OO. The van der Waals surface area contributed by atoms with Gasteiger partial charge in [0.2, 0.25) is 0 Å². The minimum absolute atomic E-state index is 0.0434. The molecule has 0 spiro atoms. The predicted molar refractivity (Wildman–Crippen MR) is 111 cm³/mol. The van der Waals surface area contributed by atoms with Crippen LogP contribution in [0, 0.1) is 0 Å². The first-order valence-corrected chi connectivity index (χ1v) is 10.2. The molecule has 31 heavy (non-hydrogen) atoms. The second kappa shape index (κ2) is 10.6. The fraction of sp³-hybridized carbons (Fsp3) is 0.348. The normalized spacial score (nSPS) is 13.0. The van der Waals surface area contributed by atoms with Crippen LogP contribution in [0.3, 0.4) is 0 Å². The number of amides is 1. The molecule has 1 aliphatic rings. The van der Waals surface area contributed by atoms with Gasteiger partial charge < -0.3 is 14.8 Å². The van der Waals surface area contributed by atoms with Crippen molar-refractivity contribution < 1.29 is 34.0 Å². The van der Waals surface area contributed by atoms with Gasteiger partial charge in [-0.3, -0.25) is 9.68 Å². The maximum atomic E-state index is 12.3. The van der Waals surface area contributed by atoms with Gasteiger partial charge in [0.05, 0.1) is 13.0 Å². The summed E-state index contributed by atoms with van der Waals surface area (Å²) in [5.41, 5.74) is 4.26. The van der Waals surface area contributed by atoms with Crippen LogP contribution in [-0.2, 0) is 24.0 Å². The Balaban J connectivity index is 1.61. The lowest BCUT2D eigenvalue weighted by molar-refractivity contribution is -0.236. The summed E-state index contributed by atoms with van der Waals surface area (Å²) in [5.74, 6) is -2.02. The summed E-state index contributed by atoms with van der Waals surface area (Å²) < 4.78 is 10.3. The molecule has 0 heterocycles. The zero-order chi connectivity index (χ0) is 22.2. The van der Waals surface area contributed by atoms with E-state index in [2.05, 4.69) is 10.2 Å². The van der Waals surface area contributed by atoms with E-state index in [0.717, 1.165) is 28.7 Å². The van der Waals surface area contributed by atoms with E-state index in [-0.39, 0.29) is 19.1 Å². The number of unbranched alkanes of at least 4 members (excludes halogenated alkanes) is 1. The number of carbonyl (C=O) groups excluding carboxylic acids is 3. The third-order valence-corrected chi connectivity index (χ3v) is 5.14. The van der Waals surface area contributed by atoms with E-state index in [4.69, 9.17) is 14.7 Å². The second-order valence-electron chi connectivity index (χ2n) is 7.21. The zero-order valence-electron chi connectivity index (χ0n) is 17.2. The first-order chi connectivity index (χ1) is 15.0. The van der Waals surface area contributed by atoms with Gasteiger partial charge in [-0.15, -0.1) is 0 Å². The quantitative estimate of drug-likeness (QED) is 0.207. The summed E-state index contributed by atoms with van der Waals surface area (Å²) in [7, 11) is 0. The highest BCUT2D eigenvalue weighted by atomic mass is 17.1.